The number of sulfonamides is 1. The van der Waals surface area contributed by atoms with Crippen molar-refractivity contribution in [2.45, 2.75) is 19.8 Å². The lowest BCUT2D eigenvalue weighted by molar-refractivity contribution is 0.599. The van der Waals surface area contributed by atoms with Gasteiger partial charge in [-0.1, -0.05) is 25.1 Å². The highest BCUT2D eigenvalue weighted by Crippen LogP contribution is 2.18. The van der Waals surface area contributed by atoms with Crippen LogP contribution in [0.3, 0.4) is 0 Å². The molecule has 7 heteroatoms. The molecule has 132 valence electrons. The van der Waals surface area contributed by atoms with Crippen molar-refractivity contribution in [2.24, 2.45) is 0 Å². The molecule has 0 unspecified atom stereocenters. The van der Waals surface area contributed by atoms with E-state index in [2.05, 4.69) is 32.1 Å². The fourth-order valence-electron chi connectivity index (χ4n) is 2.72. The summed E-state index contributed by atoms with van der Waals surface area (Å²) in [7, 11) is -3.30. The van der Waals surface area contributed by atoms with E-state index in [1.807, 2.05) is 31.3 Å². The zero-order valence-corrected chi connectivity index (χ0v) is 14.9. The first kappa shape index (κ1) is 17.3. The topological polar surface area (TPSA) is 86.9 Å². The van der Waals surface area contributed by atoms with Crippen LogP contribution in [0.15, 0.2) is 48.8 Å². The van der Waals surface area contributed by atoms with E-state index in [0.29, 0.717) is 12.2 Å². The summed E-state index contributed by atoms with van der Waals surface area (Å²) >= 11 is 0. The molecule has 1 aromatic carbocycles. The molecule has 0 aliphatic rings. The largest absolute Gasteiger partial charge is 0.383 e. The fourth-order valence-corrected chi connectivity index (χ4v) is 3.80. The Bertz CT molecular complexity index is 933. The van der Waals surface area contributed by atoms with Crippen molar-refractivity contribution in [1.29, 1.82) is 0 Å². The maximum absolute atomic E-state index is 11.7. The molecule has 0 radical (unpaired) electrons. The lowest BCUT2D eigenvalue weighted by Gasteiger charge is -2.08. The molecule has 0 saturated carbocycles. The van der Waals surface area contributed by atoms with Crippen LogP contribution in [0, 0.1) is 0 Å². The van der Waals surface area contributed by atoms with E-state index in [4.69, 9.17) is 0 Å². The van der Waals surface area contributed by atoms with E-state index in [1.165, 1.54) is 10.9 Å². The molecular weight excluding hydrogens is 336 g/mol. The van der Waals surface area contributed by atoms with Gasteiger partial charge in [-0.3, -0.25) is 4.72 Å². The number of nitrogens with zero attached hydrogens (tertiary/aromatic N) is 1. The molecule has 3 aromatic rings. The van der Waals surface area contributed by atoms with Crippen LogP contribution in [0.5, 0.6) is 0 Å². The Morgan fingerprint density at radius 3 is 2.76 bits per heavy atom. The minimum absolute atomic E-state index is 0.0965. The number of para-hydroxylation sites is 1. The Kier molecular flexibility index (Phi) is 5.23. The van der Waals surface area contributed by atoms with E-state index in [1.54, 1.807) is 12.3 Å². The van der Waals surface area contributed by atoms with Gasteiger partial charge in [0.25, 0.3) is 0 Å². The van der Waals surface area contributed by atoms with Gasteiger partial charge in [0.2, 0.25) is 10.0 Å². The number of H-pyrrole nitrogens is 1. The Hall–Kier alpha value is -2.54. The number of pyridine rings is 1. The molecule has 0 bridgehead atoms. The average molecular weight is 358 g/mol. The normalized spacial score (nSPS) is 11.6. The Labute approximate surface area is 147 Å². The highest BCUT2D eigenvalue weighted by molar-refractivity contribution is 7.92. The number of benzene rings is 1. The molecule has 25 heavy (non-hydrogen) atoms. The fraction of sp³-hybridized carbons (Fsp3) is 0.278. The van der Waals surface area contributed by atoms with E-state index in [0.717, 1.165) is 24.2 Å². The number of rotatable bonds is 8. The van der Waals surface area contributed by atoms with Crippen LogP contribution < -0.4 is 10.0 Å². The third kappa shape index (κ3) is 4.51. The van der Waals surface area contributed by atoms with E-state index in [-0.39, 0.29) is 5.75 Å². The number of fused-ring (bicyclic) bond motifs is 1. The Morgan fingerprint density at radius 2 is 2.00 bits per heavy atom. The second kappa shape index (κ2) is 7.57. The number of aromatic nitrogens is 2. The molecule has 3 N–H and O–H groups in total. The van der Waals surface area contributed by atoms with Crippen LogP contribution in [0.2, 0.25) is 0 Å². The van der Waals surface area contributed by atoms with Gasteiger partial charge in [0.15, 0.2) is 0 Å². The standard InChI is InChI=1S/C18H22N4O2S/c1-2-11-25(23,24)22-18-8-7-15(13-21-18)19-10-9-14-12-20-17-6-4-3-5-16(14)17/h3-8,12-13,19-20H,2,9-11H2,1H3,(H,21,22). The third-order valence-electron chi connectivity index (χ3n) is 3.89. The van der Waals surface area contributed by atoms with Gasteiger partial charge in [-0.2, -0.15) is 0 Å². The van der Waals surface area contributed by atoms with E-state index >= 15 is 0 Å². The summed E-state index contributed by atoms with van der Waals surface area (Å²) in [5.41, 5.74) is 3.26. The molecule has 2 heterocycles. The molecule has 0 aliphatic carbocycles. The van der Waals surface area contributed by atoms with E-state index in [9.17, 15) is 8.42 Å². The van der Waals surface area contributed by atoms with Crippen LogP contribution in [-0.2, 0) is 16.4 Å². The second-order valence-electron chi connectivity index (χ2n) is 5.89. The highest BCUT2D eigenvalue weighted by atomic mass is 32.2. The van der Waals surface area contributed by atoms with Crippen LogP contribution >= 0.6 is 0 Å². The van der Waals surface area contributed by atoms with Crippen LogP contribution in [0.4, 0.5) is 11.5 Å². The Balaban J connectivity index is 1.55. The lowest BCUT2D eigenvalue weighted by atomic mass is 10.1. The molecule has 0 amide bonds. The molecule has 6 nitrogen and oxygen atoms in total. The van der Waals surface area contributed by atoms with Gasteiger partial charge in [-0.15, -0.1) is 0 Å². The summed E-state index contributed by atoms with van der Waals surface area (Å²) in [4.78, 5) is 7.42. The van der Waals surface area contributed by atoms with Crippen LogP contribution in [0.25, 0.3) is 10.9 Å². The zero-order chi connectivity index (χ0) is 17.7. The van der Waals surface area contributed by atoms with Gasteiger partial charge in [-0.25, -0.2) is 13.4 Å². The average Bonchev–Trinajstić information content (AvgIpc) is 2.99. The molecule has 2 aromatic heterocycles. The summed E-state index contributed by atoms with van der Waals surface area (Å²) in [6.45, 7) is 2.60. The molecule has 0 spiro atoms. The van der Waals surface area contributed by atoms with Crippen molar-refractivity contribution >= 4 is 32.4 Å². The molecule has 3 rings (SSSR count). The van der Waals surface area contributed by atoms with Crippen molar-refractivity contribution in [3.8, 4) is 0 Å². The number of nitrogens with one attached hydrogen (secondary N) is 3. The van der Waals surface area contributed by atoms with Gasteiger partial charge >= 0.3 is 0 Å². The first-order valence-corrected chi connectivity index (χ1v) is 9.98. The van der Waals surface area contributed by atoms with Crippen molar-refractivity contribution < 1.29 is 8.42 Å². The quantitative estimate of drug-likeness (QED) is 0.576. The van der Waals surface area contributed by atoms with Gasteiger partial charge in [-0.05, 0) is 36.6 Å². The molecule has 0 saturated heterocycles. The van der Waals surface area contributed by atoms with Crippen molar-refractivity contribution in [3.05, 3.63) is 54.4 Å². The Morgan fingerprint density at radius 1 is 1.16 bits per heavy atom. The van der Waals surface area contributed by atoms with Crippen LogP contribution in [0.1, 0.15) is 18.9 Å². The molecule has 0 atom stereocenters. The third-order valence-corrected chi connectivity index (χ3v) is 5.36. The summed E-state index contributed by atoms with van der Waals surface area (Å²) < 4.78 is 25.9. The smallest absolute Gasteiger partial charge is 0.233 e. The first-order chi connectivity index (χ1) is 12.1. The monoisotopic (exact) mass is 358 g/mol. The first-order valence-electron chi connectivity index (χ1n) is 8.33. The summed E-state index contributed by atoms with van der Waals surface area (Å²) in [5, 5.41) is 4.55. The minimum Gasteiger partial charge on any atom is -0.383 e. The van der Waals surface area contributed by atoms with Crippen molar-refractivity contribution in [1.82, 2.24) is 9.97 Å². The number of hydrogen-bond donors (Lipinski definition) is 3. The van der Waals surface area contributed by atoms with Crippen molar-refractivity contribution in [2.75, 3.05) is 22.3 Å². The van der Waals surface area contributed by atoms with Crippen LogP contribution in [-0.4, -0.2) is 30.7 Å². The predicted molar refractivity (Wildman–Crippen MR) is 102 cm³/mol. The maximum Gasteiger partial charge on any atom is 0.233 e. The maximum atomic E-state index is 11.7. The summed E-state index contributed by atoms with van der Waals surface area (Å²) in [6, 6.07) is 11.7. The van der Waals surface area contributed by atoms with Gasteiger partial charge in [0.1, 0.15) is 5.82 Å². The van der Waals surface area contributed by atoms with Gasteiger partial charge in [0, 0.05) is 23.6 Å². The van der Waals surface area contributed by atoms with Gasteiger partial charge < -0.3 is 10.3 Å². The summed E-state index contributed by atoms with van der Waals surface area (Å²) in [6.07, 6.45) is 5.13. The minimum atomic E-state index is -3.30. The number of anilines is 2. The highest BCUT2D eigenvalue weighted by Gasteiger charge is 2.09. The van der Waals surface area contributed by atoms with E-state index < -0.39 is 10.0 Å². The zero-order valence-electron chi connectivity index (χ0n) is 14.1. The molecular formula is C18H22N4O2S. The lowest BCUT2D eigenvalue weighted by Crippen LogP contribution is -2.16. The number of hydrogen-bond acceptors (Lipinski definition) is 4. The van der Waals surface area contributed by atoms with Crippen molar-refractivity contribution in [3.63, 3.8) is 0 Å². The molecule has 0 fully saturated rings. The molecule has 0 aliphatic heterocycles. The SMILES string of the molecule is CCCS(=O)(=O)Nc1ccc(NCCc2c[nH]c3ccccc23)cn1. The summed E-state index contributed by atoms with van der Waals surface area (Å²) in [5.74, 6) is 0.440. The predicted octanol–water partition coefficient (Wildman–Crippen LogP) is 3.37. The number of aromatic amines is 1. The van der Waals surface area contributed by atoms with Gasteiger partial charge in [0.05, 0.1) is 17.6 Å². The second-order valence-corrected chi connectivity index (χ2v) is 7.73.